The van der Waals surface area contributed by atoms with Gasteiger partial charge in [-0.1, -0.05) is 26.3 Å². The number of rotatable bonds is 8. The van der Waals surface area contributed by atoms with Gasteiger partial charge in [0.25, 0.3) is 0 Å². The largest absolute Gasteiger partial charge is 0.480 e. The van der Waals surface area contributed by atoms with Crippen molar-refractivity contribution in [2.24, 2.45) is 5.92 Å². The number of nitrogens with zero attached hydrogens (tertiary/aromatic N) is 2. The first kappa shape index (κ1) is 16.5. The molecular weight excluding hydrogens is 232 g/mol. The van der Waals surface area contributed by atoms with E-state index in [1.165, 1.54) is 11.0 Å². The molecule has 0 radical (unpaired) electrons. The molecule has 1 unspecified atom stereocenters. The van der Waals surface area contributed by atoms with E-state index in [1.807, 2.05) is 6.92 Å². The van der Waals surface area contributed by atoms with Crippen molar-refractivity contribution in [1.82, 2.24) is 9.80 Å². The molecule has 0 bridgehead atoms. The Kier molecular flexibility index (Phi) is 7.83. The second-order valence-electron chi connectivity index (χ2n) is 4.40. The van der Waals surface area contributed by atoms with E-state index < -0.39 is 5.97 Å². The Hall–Kier alpha value is -1.52. The third kappa shape index (κ3) is 5.70. The predicted molar refractivity (Wildman–Crippen MR) is 71.5 cm³/mol. The van der Waals surface area contributed by atoms with Crippen LogP contribution in [0, 0.1) is 5.92 Å². The molecular formula is C13H24N2O3. The van der Waals surface area contributed by atoms with Gasteiger partial charge in [0.2, 0.25) is 0 Å². The van der Waals surface area contributed by atoms with Crippen LogP contribution < -0.4 is 0 Å². The van der Waals surface area contributed by atoms with E-state index >= 15 is 0 Å². The van der Waals surface area contributed by atoms with E-state index in [2.05, 4.69) is 20.4 Å². The molecule has 0 fully saturated rings. The minimum absolute atomic E-state index is 0.236. The van der Waals surface area contributed by atoms with Gasteiger partial charge in [0.05, 0.1) is 0 Å². The Labute approximate surface area is 109 Å². The standard InChI is InChI=1S/C13H24N2O3/c1-5-8-15(10-12(16)17)13(18)14(7-3)9-11(4)6-2/h5,11H,1,6-10H2,2-4H3,(H,16,17). The minimum Gasteiger partial charge on any atom is -0.480 e. The third-order valence-corrected chi connectivity index (χ3v) is 2.83. The molecule has 0 saturated heterocycles. The summed E-state index contributed by atoms with van der Waals surface area (Å²) in [5.74, 6) is -0.603. The molecule has 0 aromatic rings. The Morgan fingerprint density at radius 3 is 2.33 bits per heavy atom. The van der Waals surface area contributed by atoms with E-state index in [0.717, 1.165) is 6.42 Å². The second kappa shape index (κ2) is 8.55. The van der Waals surface area contributed by atoms with Gasteiger partial charge in [0.15, 0.2) is 0 Å². The first-order valence-corrected chi connectivity index (χ1v) is 6.32. The average Bonchev–Trinajstić information content (AvgIpc) is 2.33. The molecule has 0 aromatic carbocycles. The maximum Gasteiger partial charge on any atom is 0.323 e. The molecule has 0 spiro atoms. The number of hydrogen-bond donors (Lipinski definition) is 1. The summed E-state index contributed by atoms with van der Waals surface area (Å²) in [5.41, 5.74) is 0. The Morgan fingerprint density at radius 2 is 1.94 bits per heavy atom. The normalized spacial score (nSPS) is 11.7. The lowest BCUT2D eigenvalue weighted by Crippen LogP contribution is -2.46. The van der Waals surface area contributed by atoms with Crippen LogP contribution >= 0.6 is 0 Å². The number of carbonyl (C=O) groups excluding carboxylic acids is 1. The van der Waals surface area contributed by atoms with Crippen LogP contribution in [0.2, 0.25) is 0 Å². The van der Waals surface area contributed by atoms with Crippen molar-refractivity contribution in [3.63, 3.8) is 0 Å². The fourth-order valence-corrected chi connectivity index (χ4v) is 1.58. The van der Waals surface area contributed by atoms with Crippen LogP contribution in [0.3, 0.4) is 0 Å². The minimum atomic E-state index is -1.01. The van der Waals surface area contributed by atoms with Crippen LogP contribution in [-0.4, -0.2) is 53.1 Å². The van der Waals surface area contributed by atoms with Gasteiger partial charge in [-0.05, 0) is 12.8 Å². The summed E-state index contributed by atoms with van der Waals surface area (Å²) in [7, 11) is 0. The lowest BCUT2D eigenvalue weighted by atomic mass is 10.1. The summed E-state index contributed by atoms with van der Waals surface area (Å²) in [6.45, 7) is 10.8. The van der Waals surface area contributed by atoms with Gasteiger partial charge in [-0.25, -0.2) is 4.79 Å². The zero-order valence-corrected chi connectivity index (χ0v) is 11.6. The molecule has 104 valence electrons. The van der Waals surface area contributed by atoms with Gasteiger partial charge >= 0.3 is 12.0 Å². The van der Waals surface area contributed by atoms with Gasteiger partial charge in [0.1, 0.15) is 6.54 Å². The van der Waals surface area contributed by atoms with Crippen LogP contribution in [0.15, 0.2) is 12.7 Å². The highest BCUT2D eigenvalue weighted by Crippen LogP contribution is 2.07. The van der Waals surface area contributed by atoms with Gasteiger partial charge in [-0.15, -0.1) is 6.58 Å². The maximum atomic E-state index is 12.2. The molecule has 0 saturated carbocycles. The summed E-state index contributed by atoms with van der Waals surface area (Å²) < 4.78 is 0. The number of carboxylic acids is 1. The lowest BCUT2D eigenvalue weighted by Gasteiger charge is -2.30. The fourth-order valence-electron chi connectivity index (χ4n) is 1.58. The van der Waals surface area contributed by atoms with E-state index in [9.17, 15) is 9.59 Å². The van der Waals surface area contributed by atoms with Crippen molar-refractivity contribution in [1.29, 1.82) is 0 Å². The van der Waals surface area contributed by atoms with Crippen LogP contribution in [0.5, 0.6) is 0 Å². The van der Waals surface area contributed by atoms with E-state index in [0.29, 0.717) is 19.0 Å². The topological polar surface area (TPSA) is 60.9 Å². The summed E-state index contributed by atoms with van der Waals surface area (Å²) in [6.07, 6.45) is 2.53. The zero-order valence-electron chi connectivity index (χ0n) is 11.6. The van der Waals surface area contributed by atoms with E-state index in [-0.39, 0.29) is 19.1 Å². The highest BCUT2D eigenvalue weighted by atomic mass is 16.4. The molecule has 1 N–H and O–H groups in total. The second-order valence-corrected chi connectivity index (χ2v) is 4.40. The Morgan fingerprint density at radius 1 is 1.33 bits per heavy atom. The van der Waals surface area contributed by atoms with Crippen molar-refractivity contribution >= 4 is 12.0 Å². The maximum absolute atomic E-state index is 12.2. The molecule has 0 aromatic heterocycles. The first-order valence-electron chi connectivity index (χ1n) is 6.32. The fraction of sp³-hybridized carbons (Fsp3) is 0.692. The van der Waals surface area contributed by atoms with Crippen LogP contribution in [0.1, 0.15) is 27.2 Å². The lowest BCUT2D eigenvalue weighted by molar-refractivity contribution is -0.137. The third-order valence-electron chi connectivity index (χ3n) is 2.83. The number of carboxylic acid groups (broad SMARTS) is 1. The van der Waals surface area contributed by atoms with Crippen molar-refractivity contribution in [3.8, 4) is 0 Å². The van der Waals surface area contributed by atoms with Crippen molar-refractivity contribution in [2.75, 3.05) is 26.2 Å². The molecule has 0 aliphatic heterocycles. The SMILES string of the molecule is C=CCN(CC(=O)O)C(=O)N(CC)CC(C)CC. The van der Waals surface area contributed by atoms with Gasteiger partial charge in [0, 0.05) is 19.6 Å². The quantitative estimate of drug-likeness (QED) is 0.676. The molecule has 5 heteroatoms. The number of amides is 2. The van der Waals surface area contributed by atoms with Crippen LogP contribution in [0.25, 0.3) is 0 Å². The molecule has 0 rings (SSSR count). The average molecular weight is 256 g/mol. The summed E-state index contributed by atoms with van der Waals surface area (Å²) >= 11 is 0. The molecule has 18 heavy (non-hydrogen) atoms. The van der Waals surface area contributed by atoms with Crippen molar-refractivity contribution in [3.05, 3.63) is 12.7 Å². The number of aliphatic carboxylic acids is 1. The predicted octanol–water partition coefficient (Wildman–Crippen LogP) is 2.05. The Balaban J connectivity index is 4.68. The van der Waals surface area contributed by atoms with Crippen molar-refractivity contribution in [2.45, 2.75) is 27.2 Å². The van der Waals surface area contributed by atoms with Crippen molar-refractivity contribution < 1.29 is 14.7 Å². The Bertz CT molecular complexity index is 292. The van der Waals surface area contributed by atoms with Gasteiger partial charge in [-0.3, -0.25) is 4.79 Å². The van der Waals surface area contributed by atoms with Gasteiger partial charge < -0.3 is 14.9 Å². The summed E-state index contributed by atoms with van der Waals surface area (Å²) in [5, 5.41) is 8.80. The smallest absolute Gasteiger partial charge is 0.323 e. The number of hydrogen-bond acceptors (Lipinski definition) is 2. The van der Waals surface area contributed by atoms with Crippen LogP contribution in [-0.2, 0) is 4.79 Å². The number of urea groups is 1. The summed E-state index contributed by atoms with van der Waals surface area (Å²) in [6, 6.07) is -0.236. The van der Waals surface area contributed by atoms with Gasteiger partial charge in [-0.2, -0.15) is 0 Å². The molecule has 0 heterocycles. The molecule has 0 aliphatic rings. The monoisotopic (exact) mass is 256 g/mol. The molecule has 1 atom stereocenters. The van der Waals surface area contributed by atoms with Crippen LogP contribution in [0.4, 0.5) is 4.79 Å². The molecule has 0 aliphatic carbocycles. The summed E-state index contributed by atoms with van der Waals surface area (Å²) in [4.78, 5) is 25.9. The highest BCUT2D eigenvalue weighted by Gasteiger charge is 2.21. The van der Waals surface area contributed by atoms with E-state index in [4.69, 9.17) is 5.11 Å². The van der Waals surface area contributed by atoms with E-state index in [1.54, 1.807) is 4.90 Å². The first-order chi connectivity index (χ1) is 8.46. The molecule has 2 amide bonds. The highest BCUT2D eigenvalue weighted by molar-refractivity contribution is 5.80. The zero-order chi connectivity index (χ0) is 14.1. The molecule has 5 nitrogen and oxygen atoms in total. The number of carbonyl (C=O) groups is 2.